The Kier molecular flexibility index (Phi) is 4.49. The van der Waals surface area contributed by atoms with Gasteiger partial charge in [-0.2, -0.15) is 5.10 Å². The van der Waals surface area contributed by atoms with Crippen LogP contribution in [0.5, 0.6) is 0 Å². The molecule has 0 aromatic carbocycles. The summed E-state index contributed by atoms with van der Waals surface area (Å²) < 4.78 is 3.72. The van der Waals surface area contributed by atoms with Crippen molar-refractivity contribution in [1.82, 2.24) is 29.6 Å². The van der Waals surface area contributed by atoms with Gasteiger partial charge in [0, 0.05) is 31.3 Å². The van der Waals surface area contributed by atoms with Crippen LogP contribution in [0.1, 0.15) is 35.2 Å². The van der Waals surface area contributed by atoms with Crippen molar-refractivity contribution < 1.29 is 4.79 Å². The molecular weight excluding hydrogens is 330 g/mol. The molecule has 4 rings (SSSR count). The summed E-state index contributed by atoms with van der Waals surface area (Å²) in [4.78, 5) is 21.3. The number of hydrogen-bond donors (Lipinski definition) is 2. The van der Waals surface area contributed by atoms with Crippen LogP contribution in [-0.4, -0.2) is 43.3 Å². The number of nitrogens with one attached hydrogen (secondary N) is 2. The number of pyridine rings is 1. The van der Waals surface area contributed by atoms with Gasteiger partial charge in [0.05, 0.1) is 11.7 Å². The van der Waals surface area contributed by atoms with Gasteiger partial charge in [0.2, 0.25) is 0 Å². The van der Waals surface area contributed by atoms with Crippen LogP contribution in [-0.2, 0) is 0 Å². The monoisotopic (exact) mass is 351 g/mol. The van der Waals surface area contributed by atoms with Crippen LogP contribution in [0, 0.1) is 6.92 Å². The van der Waals surface area contributed by atoms with Crippen molar-refractivity contribution in [2.75, 3.05) is 18.4 Å². The van der Waals surface area contributed by atoms with E-state index in [-0.39, 0.29) is 5.91 Å². The van der Waals surface area contributed by atoms with E-state index in [0.29, 0.717) is 23.2 Å². The molecule has 0 saturated carbocycles. The van der Waals surface area contributed by atoms with Crippen LogP contribution in [0.2, 0.25) is 0 Å². The number of aryl methyl sites for hydroxylation is 1. The topological polar surface area (TPSA) is 89.7 Å². The molecule has 26 heavy (non-hydrogen) atoms. The molecule has 1 atom stereocenters. The Labute approximate surface area is 151 Å². The van der Waals surface area contributed by atoms with E-state index in [1.54, 1.807) is 24.5 Å². The highest BCUT2D eigenvalue weighted by Crippen LogP contribution is 2.20. The standard InChI is InChI=1S/C18H21N7O/c1-13-20-9-11-24(13)17-15(5-3-8-21-17)22-18(26)16-6-10-25(23-16)14-4-2-7-19-12-14/h3,5-6,8-11,14,19H,2,4,7,12H2,1H3,(H,22,26). The molecule has 1 aliphatic heterocycles. The molecule has 1 saturated heterocycles. The van der Waals surface area contributed by atoms with Crippen LogP contribution in [0.3, 0.4) is 0 Å². The fraction of sp³-hybridized carbons (Fsp3) is 0.333. The lowest BCUT2D eigenvalue weighted by Crippen LogP contribution is -2.32. The number of piperidine rings is 1. The summed E-state index contributed by atoms with van der Waals surface area (Å²) in [6.45, 7) is 3.82. The number of carbonyl (C=O) groups is 1. The molecule has 0 spiro atoms. The van der Waals surface area contributed by atoms with Gasteiger partial charge >= 0.3 is 0 Å². The first-order chi connectivity index (χ1) is 12.7. The number of imidazole rings is 1. The van der Waals surface area contributed by atoms with Crippen molar-refractivity contribution in [1.29, 1.82) is 0 Å². The summed E-state index contributed by atoms with van der Waals surface area (Å²) in [5.74, 6) is 1.18. The van der Waals surface area contributed by atoms with Crippen molar-refractivity contribution in [3.8, 4) is 5.82 Å². The number of anilines is 1. The molecular formula is C18H21N7O. The third kappa shape index (κ3) is 3.23. The van der Waals surface area contributed by atoms with Gasteiger partial charge in [-0.15, -0.1) is 0 Å². The lowest BCUT2D eigenvalue weighted by Gasteiger charge is -2.22. The summed E-state index contributed by atoms with van der Waals surface area (Å²) in [6.07, 6.45) is 9.28. The van der Waals surface area contributed by atoms with Crippen molar-refractivity contribution in [2.24, 2.45) is 0 Å². The van der Waals surface area contributed by atoms with Gasteiger partial charge in [-0.3, -0.25) is 14.0 Å². The van der Waals surface area contributed by atoms with E-state index >= 15 is 0 Å². The van der Waals surface area contributed by atoms with Crippen LogP contribution < -0.4 is 10.6 Å². The molecule has 0 aliphatic carbocycles. The van der Waals surface area contributed by atoms with E-state index in [1.165, 1.54) is 0 Å². The normalized spacial score (nSPS) is 17.2. The number of nitrogens with zero attached hydrogens (tertiary/aromatic N) is 5. The summed E-state index contributed by atoms with van der Waals surface area (Å²) in [5.41, 5.74) is 1.01. The van der Waals surface area contributed by atoms with Gasteiger partial charge in [-0.1, -0.05) is 0 Å². The van der Waals surface area contributed by atoms with E-state index < -0.39 is 0 Å². The quantitative estimate of drug-likeness (QED) is 0.750. The molecule has 1 aliphatic rings. The zero-order valence-corrected chi connectivity index (χ0v) is 14.6. The van der Waals surface area contributed by atoms with Crippen LogP contribution in [0.4, 0.5) is 5.69 Å². The first-order valence-electron chi connectivity index (χ1n) is 8.75. The number of amides is 1. The van der Waals surface area contributed by atoms with Crippen molar-refractivity contribution >= 4 is 11.6 Å². The molecule has 4 heterocycles. The minimum Gasteiger partial charge on any atom is -0.317 e. The second-order valence-electron chi connectivity index (χ2n) is 6.35. The van der Waals surface area contributed by atoms with Crippen LogP contribution in [0.25, 0.3) is 5.82 Å². The van der Waals surface area contributed by atoms with Gasteiger partial charge < -0.3 is 10.6 Å². The Morgan fingerprint density at radius 2 is 2.19 bits per heavy atom. The molecule has 3 aromatic heterocycles. The smallest absolute Gasteiger partial charge is 0.276 e. The molecule has 8 nitrogen and oxygen atoms in total. The first-order valence-corrected chi connectivity index (χ1v) is 8.75. The maximum absolute atomic E-state index is 12.7. The molecule has 2 N–H and O–H groups in total. The number of hydrogen-bond acceptors (Lipinski definition) is 5. The fourth-order valence-electron chi connectivity index (χ4n) is 3.20. The van der Waals surface area contributed by atoms with E-state index in [0.717, 1.165) is 31.8 Å². The number of carbonyl (C=O) groups excluding carboxylic acids is 1. The summed E-state index contributed by atoms with van der Waals surface area (Å²) in [5, 5.41) is 10.7. The first kappa shape index (κ1) is 16.5. The Morgan fingerprint density at radius 3 is 2.96 bits per heavy atom. The SMILES string of the molecule is Cc1nccn1-c1ncccc1NC(=O)c1ccn(C2CCCNC2)n1. The third-order valence-corrected chi connectivity index (χ3v) is 4.57. The Bertz CT molecular complexity index is 908. The van der Waals surface area contributed by atoms with Gasteiger partial charge in [-0.25, -0.2) is 9.97 Å². The summed E-state index contributed by atoms with van der Waals surface area (Å²) >= 11 is 0. The number of aromatic nitrogens is 5. The number of rotatable bonds is 4. The third-order valence-electron chi connectivity index (χ3n) is 4.57. The van der Waals surface area contributed by atoms with Crippen LogP contribution in [0.15, 0.2) is 43.0 Å². The highest BCUT2D eigenvalue weighted by atomic mass is 16.2. The van der Waals surface area contributed by atoms with Gasteiger partial charge in [-0.05, 0) is 44.5 Å². The Hall–Kier alpha value is -3.00. The van der Waals surface area contributed by atoms with Crippen molar-refractivity contribution in [2.45, 2.75) is 25.8 Å². The molecule has 1 fully saturated rings. The predicted molar refractivity (Wildman–Crippen MR) is 97.4 cm³/mol. The molecule has 1 unspecified atom stereocenters. The van der Waals surface area contributed by atoms with E-state index in [4.69, 9.17) is 0 Å². The highest BCUT2D eigenvalue weighted by Gasteiger charge is 2.19. The summed E-state index contributed by atoms with van der Waals surface area (Å²) in [6, 6.07) is 5.66. The zero-order valence-electron chi connectivity index (χ0n) is 14.6. The lowest BCUT2D eigenvalue weighted by molar-refractivity contribution is 0.102. The largest absolute Gasteiger partial charge is 0.317 e. The van der Waals surface area contributed by atoms with Crippen LogP contribution >= 0.6 is 0 Å². The summed E-state index contributed by atoms with van der Waals surface area (Å²) in [7, 11) is 0. The van der Waals surface area contributed by atoms with Crippen molar-refractivity contribution in [3.05, 3.63) is 54.5 Å². The van der Waals surface area contributed by atoms with Gasteiger partial charge in [0.1, 0.15) is 5.82 Å². The Morgan fingerprint density at radius 1 is 1.27 bits per heavy atom. The van der Waals surface area contributed by atoms with E-state index in [9.17, 15) is 4.79 Å². The van der Waals surface area contributed by atoms with E-state index in [2.05, 4.69) is 25.7 Å². The maximum atomic E-state index is 12.7. The average Bonchev–Trinajstić information content (AvgIpc) is 3.32. The van der Waals surface area contributed by atoms with E-state index in [1.807, 2.05) is 34.6 Å². The minimum absolute atomic E-state index is 0.250. The molecule has 0 bridgehead atoms. The Balaban J connectivity index is 1.54. The molecule has 3 aromatic rings. The second-order valence-corrected chi connectivity index (χ2v) is 6.35. The van der Waals surface area contributed by atoms with Gasteiger partial charge in [0.15, 0.2) is 11.5 Å². The second kappa shape index (κ2) is 7.09. The average molecular weight is 351 g/mol. The predicted octanol–water partition coefficient (Wildman–Crippen LogP) is 1.95. The molecule has 134 valence electrons. The maximum Gasteiger partial charge on any atom is 0.276 e. The molecule has 8 heteroatoms. The van der Waals surface area contributed by atoms with Crippen molar-refractivity contribution in [3.63, 3.8) is 0 Å². The molecule has 0 radical (unpaired) electrons. The minimum atomic E-state index is -0.250. The highest BCUT2D eigenvalue weighted by molar-refractivity contribution is 6.03. The molecule has 1 amide bonds. The fourth-order valence-corrected chi connectivity index (χ4v) is 3.20. The van der Waals surface area contributed by atoms with Gasteiger partial charge in [0.25, 0.3) is 5.91 Å². The lowest BCUT2D eigenvalue weighted by atomic mass is 10.1. The zero-order chi connectivity index (χ0) is 17.9.